The van der Waals surface area contributed by atoms with E-state index in [0.29, 0.717) is 12.5 Å². The maximum absolute atomic E-state index is 11.1. The summed E-state index contributed by atoms with van der Waals surface area (Å²) >= 11 is 0. The van der Waals surface area contributed by atoms with Crippen molar-refractivity contribution in [1.82, 2.24) is 5.32 Å². The molecule has 0 aliphatic heterocycles. The van der Waals surface area contributed by atoms with Crippen LogP contribution >= 0.6 is 0 Å². The molecule has 0 spiro atoms. The summed E-state index contributed by atoms with van der Waals surface area (Å²) in [4.78, 5) is 0. The lowest BCUT2D eigenvalue weighted by Crippen LogP contribution is -2.15. The summed E-state index contributed by atoms with van der Waals surface area (Å²) in [6.07, 6.45) is 4.46. The van der Waals surface area contributed by atoms with Crippen molar-refractivity contribution in [1.29, 1.82) is 0 Å². The van der Waals surface area contributed by atoms with Gasteiger partial charge in [-0.25, -0.2) is 8.42 Å². The molecule has 4 heteroatoms. The van der Waals surface area contributed by atoms with Gasteiger partial charge in [0.1, 0.15) is 9.84 Å². The number of hydrogen-bond donors (Lipinski definition) is 1. The normalized spacial score (nSPS) is 16.1. The molecule has 0 unspecified atom stereocenters. The van der Waals surface area contributed by atoms with E-state index < -0.39 is 9.84 Å². The second-order valence-electron chi connectivity index (χ2n) is 4.86. The van der Waals surface area contributed by atoms with Crippen molar-refractivity contribution in [3.63, 3.8) is 0 Å². The first-order valence-corrected chi connectivity index (χ1v) is 8.08. The van der Waals surface area contributed by atoms with Gasteiger partial charge in [-0.3, -0.25) is 0 Å². The molecule has 3 nitrogen and oxygen atoms in total. The van der Waals surface area contributed by atoms with Gasteiger partial charge in [0.05, 0.1) is 5.75 Å². The monoisotopic (exact) mass is 253 g/mol. The Bertz CT molecular complexity index is 478. The molecular weight excluding hydrogens is 234 g/mol. The van der Waals surface area contributed by atoms with Crippen molar-refractivity contribution in [2.75, 3.05) is 12.0 Å². The minimum Gasteiger partial charge on any atom is -0.310 e. The number of rotatable bonds is 6. The maximum atomic E-state index is 11.1. The Balaban J connectivity index is 1.90. The van der Waals surface area contributed by atoms with Gasteiger partial charge in [0.15, 0.2) is 0 Å². The third-order valence-corrected chi connectivity index (χ3v) is 3.87. The Morgan fingerprint density at radius 1 is 1.29 bits per heavy atom. The van der Waals surface area contributed by atoms with E-state index in [1.54, 1.807) is 0 Å². The van der Waals surface area contributed by atoms with E-state index in [9.17, 15) is 8.42 Å². The first-order chi connectivity index (χ1) is 8.03. The van der Waals surface area contributed by atoms with Crippen LogP contribution in [-0.4, -0.2) is 26.5 Å². The second-order valence-corrected chi connectivity index (χ2v) is 7.11. The summed E-state index contributed by atoms with van der Waals surface area (Å²) in [5, 5.41) is 3.45. The molecule has 0 amide bonds. The van der Waals surface area contributed by atoms with Crippen molar-refractivity contribution >= 4 is 9.84 Å². The quantitative estimate of drug-likeness (QED) is 0.836. The number of aryl methyl sites for hydroxylation is 1. The third-order valence-electron chi connectivity index (χ3n) is 2.93. The average Bonchev–Trinajstić information content (AvgIpc) is 3.07. The van der Waals surface area contributed by atoms with Gasteiger partial charge in [0.25, 0.3) is 0 Å². The summed E-state index contributed by atoms with van der Waals surface area (Å²) in [7, 11) is -2.87. The van der Waals surface area contributed by atoms with E-state index in [0.717, 1.165) is 12.1 Å². The summed E-state index contributed by atoms with van der Waals surface area (Å²) in [5.41, 5.74) is 2.34. The lowest BCUT2D eigenvalue weighted by atomic mass is 10.1. The van der Waals surface area contributed by atoms with Gasteiger partial charge < -0.3 is 5.32 Å². The van der Waals surface area contributed by atoms with Crippen LogP contribution in [0, 0.1) is 0 Å². The van der Waals surface area contributed by atoms with Gasteiger partial charge in [-0.2, -0.15) is 0 Å². The van der Waals surface area contributed by atoms with Crippen LogP contribution < -0.4 is 5.32 Å². The van der Waals surface area contributed by atoms with Crippen molar-refractivity contribution in [2.45, 2.75) is 31.8 Å². The van der Waals surface area contributed by atoms with E-state index in [-0.39, 0.29) is 5.75 Å². The van der Waals surface area contributed by atoms with E-state index in [2.05, 4.69) is 17.4 Å². The fraction of sp³-hybridized carbons (Fsp3) is 0.538. The summed E-state index contributed by atoms with van der Waals surface area (Å²) in [6, 6.07) is 8.88. The van der Waals surface area contributed by atoms with Crippen LogP contribution in [0.25, 0.3) is 0 Å². The molecule has 1 saturated carbocycles. The number of nitrogens with one attached hydrogen (secondary N) is 1. The molecule has 94 valence electrons. The molecule has 1 aromatic rings. The Hall–Kier alpha value is -0.870. The summed E-state index contributed by atoms with van der Waals surface area (Å²) < 4.78 is 22.2. The molecule has 2 rings (SSSR count). The van der Waals surface area contributed by atoms with Gasteiger partial charge in [0, 0.05) is 18.8 Å². The molecule has 0 bridgehead atoms. The molecule has 0 aromatic heterocycles. The Kier molecular flexibility index (Phi) is 3.84. The van der Waals surface area contributed by atoms with Gasteiger partial charge in [-0.15, -0.1) is 0 Å². The lowest BCUT2D eigenvalue weighted by Gasteiger charge is -2.06. The molecule has 17 heavy (non-hydrogen) atoms. The number of hydrogen-bond acceptors (Lipinski definition) is 3. The Morgan fingerprint density at radius 2 is 2.00 bits per heavy atom. The molecule has 1 fully saturated rings. The fourth-order valence-corrected chi connectivity index (χ4v) is 2.35. The molecule has 0 heterocycles. The minimum atomic E-state index is -2.87. The van der Waals surface area contributed by atoms with Crippen molar-refractivity contribution in [2.24, 2.45) is 0 Å². The highest BCUT2D eigenvalue weighted by Crippen LogP contribution is 2.19. The average molecular weight is 253 g/mol. The van der Waals surface area contributed by atoms with Crippen LogP contribution in [0.4, 0.5) is 0 Å². The van der Waals surface area contributed by atoms with E-state index in [1.807, 2.05) is 12.1 Å². The number of benzene rings is 1. The SMILES string of the molecule is CS(=O)(=O)CCc1cccc(CNC2CC2)c1. The Labute approximate surface area is 103 Å². The summed E-state index contributed by atoms with van der Waals surface area (Å²) in [6.45, 7) is 0.886. The van der Waals surface area contributed by atoms with Gasteiger partial charge >= 0.3 is 0 Å². The highest BCUT2D eigenvalue weighted by molar-refractivity contribution is 7.90. The zero-order valence-electron chi connectivity index (χ0n) is 10.1. The molecule has 0 atom stereocenters. The van der Waals surface area contributed by atoms with Crippen LogP contribution in [-0.2, 0) is 22.8 Å². The van der Waals surface area contributed by atoms with E-state index in [4.69, 9.17) is 0 Å². The molecule has 1 aromatic carbocycles. The predicted octanol–water partition coefficient (Wildman–Crippen LogP) is 1.53. The molecule has 0 radical (unpaired) electrons. The largest absolute Gasteiger partial charge is 0.310 e. The second kappa shape index (κ2) is 5.19. The summed E-state index contributed by atoms with van der Waals surface area (Å²) in [5.74, 6) is 0.229. The molecular formula is C13H19NO2S. The van der Waals surface area contributed by atoms with Gasteiger partial charge in [-0.1, -0.05) is 24.3 Å². The predicted molar refractivity (Wildman–Crippen MR) is 69.7 cm³/mol. The molecule has 0 saturated heterocycles. The fourth-order valence-electron chi connectivity index (χ4n) is 1.75. The van der Waals surface area contributed by atoms with Crippen LogP contribution in [0.3, 0.4) is 0 Å². The minimum absolute atomic E-state index is 0.229. The van der Waals surface area contributed by atoms with E-state index >= 15 is 0 Å². The highest BCUT2D eigenvalue weighted by Gasteiger charge is 2.19. The topological polar surface area (TPSA) is 46.2 Å². The van der Waals surface area contributed by atoms with Crippen molar-refractivity contribution in [3.8, 4) is 0 Å². The standard InChI is InChI=1S/C13H19NO2S/c1-17(15,16)8-7-11-3-2-4-12(9-11)10-14-13-5-6-13/h2-4,9,13-14H,5-8,10H2,1H3. The first kappa shape index (κ1) is 12.6. The van der Waals surface area contributed by atoms with Gasteiger partial charge in [-0.05, 0) is 30.4 Å². The van der Waals surface area contributed by atoms with E-state index in [1.165, 1.54) is 24.7 Å². The van der Waals surface area contributed by atoms with Crippen LogP contribution in [0.15, 0.2) is 24.3 Å². The van der Waals surface area contributed by atoms with Crippen LogP contribution in [0.1, 0.15) is 24.0 Å². The third kappa shape index (κ3) is 4.88. The van der Waals surface area contributed by atoms with Gasteiger partial charge in [0.2, 0.25) is 0 Å². The van der Waals surface area contributed by atoms with Crippen molar-refractivity contribution in [3.05, 3.63) is 35.4 Å². The molecule has 1 aliphatic carbocycles. The lowest BCUT2D eigenvalue weighted by molar-refractivity contribution is 0.601. The smallest absolute Gasteiger partial charge is 0.147 e. The maximum Gasteiger partial charge on any atom is 0.147 e. The zero-order chi connectivity index (χ0) is 12.3. The highest BCUT2D eigenvalue weighted by atomic mass is 32.2. The first-order valence-electron chi connectivity index (χ1n) is 6.02. The molecule has 1 N–H and O–H groups in total. The number of sulfone groups is 1. The van der Waals surface area contributed by atoms with Crippen molar-refractivity contribution < 1.29 is 8.42 Å². The molecule has 1 aliphatic rings. The zero-order valence-corrected chi connectivity index (χ0v) is 11.0. The van der Waals surface area contributed by atoms with Crippen LogP contribution in [0.2, 0.25) is 0 Å². The Morgan fingerprint density at radius 3 is 2.65 bits per heavy atom. The van der Waals surface area contributed by atoms with Crippen LogP contribution in [0.5, 0.6) is 0 Å².